The molecule has 0 atom stereocenters. The molecular weight excluding hydrogens is 231 g/mol. The summed E-state index contributed by atoms with van der Waals surface area (Å²) in [6, 6.07) is 0. The molecule has 100 valence electrons. The van der Waals surface area contributed by atoms with Crippen LogP contribution in [0.1, 0.15) is 53.4 Å². The highest BCUT2D eigenvalue weighted by molar-refractivity contribution is 6.45. The molecule has 0 aromatic carbocycles. The molecule has 0 unspecified atom stereocenters. The number of hydrogen-bond donors (Lipinski definition) is 0. The van der Waals surface area contributed by atoms with Crippen LogP contribution in [0.3, 0.4) is 0 Å². The van der Waals surface area contributed by atoms with E-state index < -0.39 is 0 Å². The Hall–Kier alpha value is 0.162. The highest BCUT2D eigenvalue weighted by atomic mass is 28.2. The first-order valence-corrected chi connectivity index (χ1v) is 7.55. The van der Waals surface area contributed by atoms with Gasteiger partial charge in [-0.2, -0.15) is 0 Å². The van der Waals surface area contributed by atoms with Crippen LogP contribution in [0.2, 0.25) is 6.32 Å². The van der Waals surface area contributed by atoms with Crippen LogP contribution >= 0.6 is 0 Å². The SMILES string of the molecule is CC1(C)OB(CCCCCCO[SiH3])OC1(C)C. The summed E-state index contributed by atoms with van der Waals surface area (Å²) >= 11 is 0. The zero-order valence-electron chi connectivity index (χ0n) is 12.0. The van der Waals surface area contributed by atoms with E-state index in [-0.39, 0.29) is 18.3 Å². The molecule has 0 saturated carbocycles. The van der Waals surface area contributed by atoms with Crippen molar-refractivity contribution in [1.29, 1.82) is 0 Å². The lowest BCUT2D eigenvalue weighted by molar-refractivity contribution is 0.00578. The van der Waals surface area contributed by atoms with Gasteiger partial charge in [-0.15, -0.1) is 0 Å². The Labute approximate surface area is 109 Å². The molecule has 17 heavy (non-hydrogen) atoms. The second-order valence-corrected chi connectivity index (χ2v) is 6.46. The maximum Gasteiger partial charge on any atom is 0.457 e. The first-order chi connectivity index (χ1) is 7.89. The van der Waals surface area contributed by atoms with Gasteiger partial charge in [0.1, 0.15) is 10.5 Å². The molecule has 0 aliphatic carbocycles. The minimum Gasteiger partial charge on any atom is -0.428 e. The fraction of sp³-hybridized carbons (Fsp3) is 1.00. The lowest BCUT2D eigenvalue weighted by Crippen LogP contribution is -2.41. The molecule has 0 bridgehead atoms. The standard InChI is InChI=1S/C12H27BO3Si/c1-11(2)12(3,4)16-13(15-11)9-7-5-6-8-10-14-17/h5-10H2,1-4,17H3. The van der Waals surface area contributed by atoms with Gasteiger partial charge in [-0.1, -0.05) is 19.3 Å². The molecule has 0 aromatic rings. The summed E-state index contributed by atoms with van der Waals surface area (Å²) in [5, 5.41) is 0. The summed E-state index contributed by atoms with van der Waals surface area (Å²) in [5.41, 5.74) is -0.364. The third-order valence-corrected chi connectivity index (χ3v) is 4.25. The largest absolute Gasteiger partial charge is 0.457 e. The Morgan fingerprint density at radius 2 is 1.47 bits per heavy atom. The Morgan fingerprint density at radius 1 is 0.941 bits per heavy atom. The van der Waals surface area contributed by atoms with Crippen LogP contribution in [0.15, 0.2) is 0 Å². The van der Waals surface area contributed by atoms with Gasteiger partial charge in [-0.25, -0.2) is 0 Å². The van der Waals surface area contributed by atoms with Crippen LogP contribution in [0.4, 0.5) is 0 Å². The molecule has 0 aromatic heterocycles. The first-order valence-electron chi connectivity index (χ1n) is 6.73. The number of rotatable bonds is 7. The van der Waals surface area contributed by atoms with Gasteiger partial charge >= 0.3 is 7.12 Å². The molecule has 5 heteroatoms. The fourth-order valence-electron chi connectivity index (χ4n) is 1.99. The highest BCUT2D eigenvalue weighted by Crippen LogP contribution is 2.38. The van der Waals surface area contributed by atoms with Gasteiger partial charge in [0.25, 0.3) is 0 Å². The highest BCUT2D eigenvalue weighted by Gasteiger charge is 2.50. The molecule has 1 rings (SSSR count). The Balaban J connectivity index is 2.14. The second kappa shape index (κ2) is 6.36. The van der Waals surface area contributed by atoms with E-state index in [4.69, 9.17) is 13.7 Å². The van der Waals surface area contributed by atoms with E-state index in [0.717, 1.165) is 23.4 Å². The third-order valence-electron chi connectivity index (χ3n) is 3.84. The fourth-order valence-corrected chi connectivity index (χ4v) is 2.28. The molecule has 3 nitrogen and oxygen atoms in total. The molecule has 1 fully saturated rings. The summed E-state index contributed by atoms with van der Waals surface area (Å²) in [4.78, 5) is 0. The first kappa shape index (κ1) is 15.2. The Morgan fingerprint density at radius 3 is 2.00 bits per heavy atom. The van der Waals surface area contributed by atoms with Gasteiger partial charge in [0.2, 0.25) is 0 Å². The molecule has 1 aliphatic heterocycles. The van der Waals surface area contributed by atoms with Crippen molar-refractivity contribution >= 4 is 17.6 Å². The summed E-state index contributed by atoms with van der Waals surface area (Å²) in [6.07, 6.45) is 5.87. The van der Waals surface area contributed by atoms with Gasteiger partial charge in [0, 0.05) is 6.61 Å². The van der Waals surface area contributed by atoms with Crippen LogP contribution in [0.5, 0.6) is 0 Å². The topological polar surface area (TPSA) is 27.7 Å². The molecule has 0 radical (unpaired) electrons. The van der Waals surface area contributed by atoms with Crippen LogP contribution < -0.4 is 0 Å². The molecule has 0 spiro atoms. The smallest absolute Gasteiger partial charge is 0.428 e. The zero-order valence-corrected chi connectivity index (χ0v) is 14.0. The van der Waals surface area contributed by atoms with Crippen LogP contribution in [0.25, 0.3) is 0 Å². The lowest BCUT2D eigenvalue weighted by atomic mass is 9.82. The molecule has 0 amide bonds. The molecule has 1 heterocycles. The van der Waals surface area contributed by atoms with E-state index in [1.54, 1.807) is 0 Å². The van der Waals surface area contributed by atoms with Crippen molar-refractivity contribution in [2.45, 2.75) is 70.9 Å². The molecular formula is C12H27BO3Si. The maximum absolute atomic E-state index is 5.95. The van der Waals surface area contributed by atoms with Gasteiger partial charge in [0.05, 0.1) is 11.2 Å². The second-order valence-electron chi connectivity index (χ2n) is 5.88. The summed E-state index contributed by atoms with van der Waals surface area (Å²) < 4.78 is 17.1. The number of unbranched alkanes of at least 4 members (excludes halogenated alkanes) is 3. The zero-order chi connectivity index (χ0) is 12.9. The van der Waals surface area contributed by atoms with Crippen LogP contribution in [-0.2, 0) is 13.7 Å². The summed E-state index contributed by atoms with van der Waals surface area (Å²) in [6.45, 7) is 9.36. The van der Waals surface area contributed by atoms with Crippen molar-refractivity contribution in [3.63, 3.8) is 0 Å². The van der Waals surface area contributed by atoms with E-state index in [1.165, 1.54) is 25.7 Å². The summed E-state index contributed by atoms with van der Waals surface area (Å²) in [7, 11) is 0.845. The predicted molar refractivity (Wildman–Crippen MR) is 75.2 cm³/mol. The summed E-state index contributed by atoms with van der Waals surface area (Å²) in [5.74, 6) is 0. The minimum atomic E-state index is -0.182. The molecule has 1 saturated heterocycles. The van der Waals surface area contributed by atoms with E-state index in [1.807, 2.05) is 0 Å². The predicted octanol–water partition coefficient (Wildman–Crippen LogP) is 1.94. The van der Waals surface area contributed by atoms with E-state index in [9.17, 15) is 0 Å². The average molecular weight is 258 g/mol. The van der Waals surface area contributed by atoms with E-state index >= 15 is 0 Å². The van der Waals surface area contributed by atoms with Crippen molar-refractivity contribution in [2.75, 3.05) is 6.61 Å². The van der Waals surface area contributed by atoms with Gasteiger partial charge in [0.15, 0.2) is 0 Å². The van der Waals surface area contributed by atoms with Crippen molar-refractivity contribution in [1.82, 2.24) is 0 Å². The lowest BCUT2D eigenvalue weighted by Gasteiger charge is -2.32. The van der Waals surface area contributed by atoms with E-state index in [0.29, 0.717) is 0 Å². The maximum atomic E-state index is 5.95. The monoisotopic (exact) mass is 258 g/mol. The van der Waals surface area contributed by atoms with Crippen LogP contribution in [-0.4, -0.2) is 35.4 Å². The van der Waals surface area contributed by atoms with Crippen molar-refractivity contribution in [3.8, 4) is 0 Å². The van der Waals surface area contributed by atoms with Crippen molar-refractivity contribution < 1.29 is 13.7 Å². The van der Waals surface area contributed by atoms with Gasteiger partial charge < -0.3 is 13.7 Å². The third kappa shape index (κ3) is 4.39. The average Bonchev–Trinajstić information content (AvgIpc) is 2.41. The number of hydrogen-bond acceptors (Lipinski definition) is 3. The molecule has 1 aliphatic rings. The van der Waals surface area contributed by atoms with Gasteiger partial charge in [-0.3, -0.25) is 0 Å². The Kier molecular flexibility index (Phi) is 5.70. The van der Waals surface area contributed by atoms with E-state index in [2.05, 4.69) is 27.7 Å². The van der Waals surface area contributed by atoms with Gasteiger partial charge in [-0.05, 0) is 40.4 Å². The quantitative estimate of drug-likeness (QED) is 0.516. The van der Waals surface area contributed by atoms with Crippen molar-refractivity contribution in [3.05, 3.63) is 0 Å². The van der Waals surface area contributed by atoms with Crippen LogP contribution in [0, 0.1) is 0 Å². The minimum absolute atomic E-state index is 0.0187. The normalized spacial score (nSPS) is 22.2. The molecule has 0 N–H and O–H groups in total. The Bertz CT molecular complexity index is 218. The van der Waals surface area contributed by atoms with Crippen molar-refractivity contribution in [2.24, 2.45) is 0 Å².